The molecule has 0 unspecified atom stereocenters. The minimum atomic E-state index is -1.11. The van der Waals surface area contributed by atoms with Crippen LogP contribution in [0.25, 0.3) is 0 Å². The number of phenols is 1. The van der Waals surface area contributed by atoms with Gasteiger partial charge in [-0.3, -0.25) is 0 Å². The van der Waals surface area contributed by atoms with Gasteiger partial charge in [-0.05, 0) is 36.4 Å². The zero-order valence-electron chi connectivity index (χ0n) is 12.0. The number of aliphatic hydroxyl groups is 1. The van der Waals surface area contributed by atoms with Crippen molar-refractivity contribution in [2.24, 2.45) is 0 Å². The third kappa shape index (κ3) is 6.06. The van der Waals surface area contributed by atoms with E-state index in [1.165, 1.54) is 24.3 Å². The lowest BCUT2D eigenvalue weighted by molar-refractivity contribution is 0.0684. The second-order valence-electron chi connectivity index (χ2n) is 4.22. The van der Waals surface area contributed by atoms with Crippen LogP contribution in [0.1, 0.15) is 20.7 Å². The monoisotopic (exact) mass is 320 g/mol. The molecule has 0 radical (unpaired) electrons. The van der Waals surface area contributed by atoms with Crippen molar-refractivity contribution in [2.75, 3.05) is 13.2 Å². The summed E-state index contributed by atoms with van der Waals surface area (Å²) in [6.45, 7) is 0.160. The van der Waals surface area contributed by atoms with E-state index < -0.39 is 11.9 Å². The van der Waals surface area contributed by atoms with Gasteiger partial charge in [0.2, 0.25) is 0 Å². The van der Waals surface area contributed by atoms with Gasteiger partial charge in [-0.2, -0.15) is 0 Å². The Morgan fingerprint density at radius 1 is 0.913 bits per heavy atom. The lowest BCUT2D eigenvalue weighted by Gasteiger charge is -2.03. The van der Waals surface area contributed by atoms with Crippen molar-refractivity contribution in [3.63, 3.8) is 0 Å². The molecule has 0 amide bonds. The average Bonchev–Trinajstić information content (AvgIpc) is 2.54. The summed E-state index contributed by atoms with van der Waals surface area (Å²) < 4.78 is 5.05. The molecule has 0 aliphatic carbocycles. The number of ether oxygens (including phenoxy) is 1. The number of carboxylic acid groups (broad SMARTS) is 2. The topological polar surface area (TPSA) is 124 Å². The molecule has 0 heterocycles. The van der Waals surface area contributed by atoms with Crippen LogP contribution < -0.4 is 4.74 Å². The Morgan fingerprint density at radius 2 is 1.52 bits per heavy atom. The van der Waals surface area contributed by atoms with E-state index in [2.05, 4.69) is 0 Å². The van der Waals surface area contributed by atoms with Gasteiger partial charge in [-0.1, -0.05) is 12.1 Å². The molecular formula is C16H16O7. The van der Waals surface area contributed by atoms with Gasteiger partial charge in [0.25, 0.3) is 0 Å². The highest BCUT2D eigenvalue weighted by atomic mass is 16.5. The molecule has 0 saturated carbocycles. The number of carboxylic acids is 2. The standard InChI is InChI=1S/C9H10O4.C7H6O3/c10-5-6-13-8-3-1-7(2-4-8)9(11)12;8-6-4-2-1-3-5(6)7(9)10/h1-4,10H,5-6H2,(H,11,12);1-4,8H,(H,9,10). The summed E-state index contributed by atoms with van der Waals surface area (Å²) in [5.74, 6) is -1.72. The van der Waals surface area contributed by atoms with Gasteiger partial charge in [0.05, 0.1) is 12.2 Å². The van der Waals surface area contributed by atoms with Gasteiger partial charge in [0.1, 0.15) is 23.7 Å². The van der Waals surface area contributed by atoms with Crippen LogP contribution in [0, 0.1) is 0 Å². The SMILES string of the molecule is O=C(O)c1ccc(OCCO)cc1.O=C(O)c1ccccc1O. The summed E-state index contributed by atoms with van der Waals surface area (Å²) in [4.78, 5) is 20.7. The zero-order chi connectivity index (χ0) is 17.2. The Balaban J connectivity index is 0.000000238. The summed E-state index contributed by atoms with van der Waals surface area (Å²) in [7, 11) is 0. The number of carbonyl (C=O) groups is 2. The molecule has 0 bridgehead atoms. The molecule has 2 aromatic rings. The van der Waals surface area contributed by atoms with Crippen LogP contribution in [0.5, 0.6) is 11.5 Å². The van der Waals surface area contributed by atoms with Crippen molar-refractivity contribution in [2.45, 2.75) is 0 Å². The lowest BCUT2D eigenvalue weighted by Crippen LogP contribution is -2.02. The first-order valence-electron chi connectivity index (χ1n) is 6.54. The molecule has 0 aromatic heterocycles. The molecule has 2 aromatic carbocycles. The second kappa shape index (κ2) is 9.06. The molecule has 7 heteroatoms. The average molecular weight is 320 g/mol. The minimum absolute atomic E-state index is 0.0549. The van der Waals surface area contributed by atoms with Gasteiger partial charge >= 0.3 is 11.9 Å². The molecule has 0 fully saturated rings. The van der Waals surface area contributed by atoms with Crippen LogP contribution in [0.3, 0.4) is 0 Å². The maximum Gasteiger partial charge on any atom is 0.339 e. The fourth-order valence-electron chi connectivity index (χ4n) is 1.51. The number of rotatable bonds is 5. The van der Waals surface area contributed by atoms with Crippen LogP contribution in [-0.2, 0) is 0 Å². The normalized spacial score (nSPS) is 9.43. The fraction of sp³-hybridized carbons (Fsp3) is 0.125. The summed E-state index contributed by atoms with van der Waals surface area (Å²) in [5.41, 5.74) is 0.152. The van der Waals surface area contributed by atoms with E-state index >= 15 is 0 Å². The second-order valence-corrected chi connectivity index (χ2v) is 4.22. The summed E-state index contributed by atoms with van der Waals surface area (Å²) in [6, 6.07) is 11.8. The Kier molecular flexibility index (Phi) is 7.09. The first-order chi connectivity index (χ1) is 11.0. The predicted octanol–water partition coefficient (Wildman–Crippen LogP) is 1.85. The molecule has 4 N–H and O–H groups in total. The maximum atomic E-state index is 10.4. The molecule has 7 nitrogen and oxygen atoms in total. The first kappa shape index (κ1) is 18.0. The molecule has 0 saturated heterocycles. The summed E-state index contributed by atoms with van der Waals surface area (Å²) in [6.07, 6.45) is 0. The van der Waals surface area contributed by atoms with E-state index in [0.717, 1.165) is 0 Å². The van der Waals surface area contributed by atoms with Crippen molar-refractivity contribution >= 4 is 11.9 Å². The van der Waals surface area contributed by atoms with Crippen LogP contribution >= 0.6 is 0 Å². The molecule has 0 atom stereocenters. The van der Waals surface area contributed by atoms with Gasteiger partial charge in [0.15, 0.2) is 0 Å². The number of aliphatic hydroxyl groups excluding tert-OH is 1. The maximum absolute atomic E-state index is 10.4. The Bertz CT molecular complexity index is 650. The van der Waals surface area contributed by atoms with E-state index in [-0.39, 0.29) is 30.1 Å². The molecule has 0 spiro atoms. The quantitative estimate of drug-likeness (QED) is 0.662. The van der Waals surface area contributed by atoms with Gasteiger partial charge in [-0.15, -0.1) is 0 Å². The van der Waals surface area contributed by atoms with Crippen molar-refractivity contribution in [1.29, 1.82) is 0 Å². The highest BCUT2D eigenvalue weighted by Crippen LogP contribution is 2.14. The van der Waals surface area contributed by atoms with E-state index in [1.54, 1.807) is 24.3 Å². The Labute approximate surface area is 132 Å². The summed E-state index contributed by atoms with van der Waals surface area (Å²) >= 11 is 0. The van der Waals surface area contributed by atoms with Crippen LogP contribution in [-0.4, -0.2) is 45.6 Å². The molecule has 2 rings (SSSR count). The fourth-order valence-corrected chi connectivity index (χ4v) is 1.51. The molecular weight excluding hydrogens is 304 g/mol. The number of aromatic carboxylic acids is 2. The third-order valence-electron chi connectivity index (χ3n) is 2.60. The van der Waals surface area contributed by atoms with E-state index in [9.17, 15) is 9.59 Å². The number of aromatic hydroxyl groups is 1. The van der Waals surface area contributed by atoms with E-state index in [0.29, 0.717) is 5.75 Å². The first-order valence-corrected chi connectivity index (χ1v) is 6.54. The van der Waals surface area contributed by atoms with Gasteiger partial charge in [0, 0.05) is 0 Å². The van der Waals surface area contributed by atoms with Crippen molar-refractivity contribution in [3.8, 4) is 11.5 Å². The highest BCUT2D eigenvalue weighted by molar-refractivity contribution is 5.90. The van der Waals surface area contributed by atoms with Crippen LogP contribution in [0.2, 0.25) is 0 Å². The van der Waals surface area contributed by atoms with Crippen molar-refractivity contribution in [3.05, 3.63) is 59.7 Å². The van der Waals surface area contributed by atoms with Crippen molar-refractivity contribution < 1.29 is 34.8 Å². The summed E-state index contributed by atoms with van der Waals surface area (Å²) in [5, 5.41) is 34.3. The smallest absolute Gasteiger partial charge is 0.339 e. The van der Waals surface area contributed by atoms with E-state index in [4.69, 9.17) is 25.2 Å². The number of hydrogen-bond donors (Lipinski definition) is 4. The third-order valence-corrected chi connectivity index (χ3v) is 2.60. The largest absolute Gasteiger partial charge is 0.507 e. The van der Waals surface area contributed by atoms with E-state index in [1.807, 2.05) is 0 Å². The zero-order valence-corrected chi connectivity index (χ0v) is 12.0. The van der Waals surface area contributed by atoms with Crippen LogP contribution in [0.15, 0.2) is 48.5 Å². The van der Waals surface area contributed by atoms with Crippen LogP contribution in [0.4, 0.5) is 0 Å². The Morgan fingerprint density at radius 3 is 1.96 bits per heavy atom. The van der Waals surface area contributed by atoms with Gasteiger partial charge in [-0.25, -0.2) is 9.59 Å². The molecule has 23 heavy (non-hydrogen) atoms. The molecule has 0 aliphatic heterocycles. The van der Waals surface area contributed by atoms with Crippen molar-refractivity contribution in [1.82, 2.24) is 0 Å². The highest BCUT2D eigenvalue weighted by Gasteiger charge is 2.05. The lowest BCUT2D eigenvalue weighted by atomic mass is 10.2. The number of para-hydroxylation sites is 1. The number of hydrogen-bond acceptors (Lipinski definition) is 5. The number of benzene rings is 2. The minimum Gasteiger partial charge on any atom is -0.507 e. The Hall–Kier alpha value is -3.06. The predicted molar refractivity (Wildman–Crippen MR) is 81.0 cm³/mol. The molecule has 122 valence electrons. The molecule has 0 aliphatic rings. The van der Waals surface area contributed by atoms with Gasteiger partial charge < -0.3 is 25.2 Å².